The van der Waals surface area contributed by atoms with Gasteiger partial charge in [0.05, 0.1) is 5.56 Å². The van der Waals surface area contributed by atoms with Gasteiger partial charge < -0.3 is 10.2 Å². The third-order valence-electron chi connectivity index (χ3n) is 3.57. The van der Waals surface area contributed by atoms with Gasteiger partial charge in [-0.1, -0.05) is 11.6 Å². The van der Waals surface area contributed by atoms with E-state index >= 15 is 0 Å². The summed E-state index contributed by atoms with van der Waals surface area (Å²) in [5, 5.41) is 3.67. The van der Waals surface area contributed by atoms with Crippen LogP contribution in [0.5, 0.6) is 0 Å². The second-order valence-electron chi connectivity index (χ2n) is 4.87. The lowest BCUT2D eigenvalue weighted by molar-refractivity contribution is 0.0715. The Morgan fingerprint density at radius 1 is 1.42 bits per heavy atom. The highest BCUT2D eigenvalue weighted by Crippen LogP contribution is 2.19. The summed E-state index contributed by atoms with van der Waals surface area (Å²) < 4.78 is 13.7. The zero-order valence-electron chi connectivity index (χ0n) is 11.0. The first-order valence-electron chi connectivity index (χ1n) is 6.52. The molecule has 0 spiro atoms. The molecule has 104 valence electrons. The minimum atomic E-state index is -0.520. The number of carbonyl (C=O) groups is 1. The summed E-state index contributed by atoms with van der Waals surface area (Å²) >= 11 is 5.83. The molecule has 5 heteroatoms. The van der Waals surface area contributed by atoms with E-state index in [0.29, 0.717) is 5.02 Å². The Balaban J connectivity index is 2.15. The van der Waals surface area contributed by atoms with Crippen molar-refractivity contribution in [3.05, 3.63) is 34.6 Å². The Labute approximate surface area is 117 Å². The number of rotatable bonds is 2. The summed E-state index contributed by atoms with van der Waals surface area (Å²) in [4.78, 5) is 14.0. The highest BCUT2D eigenvalue weighted by molar-refractivity contribution is 6.31. The molecule has 0 saturated carbocycles. The Bertz CT molecular complexity index is 459. The average molecular weight is 285 g/mol. The smallest absolute Gasteiger partial charge is 0.256 e. The second kappa shape index (κ2) is 6.35. The van der Waals surface area contributed by atoms with E-state index in [4.69, 9.17) is 11.6 Å². The van der Waals surface area contributed by atoms with Crippen molar-refractivity contribution in [1.82, 2.24) is 10.2 Å². The fourth-order valence-corrected chi connectivity index (χ4v) is 2.58. The molecule has 1 saturated heterocycles. The SMILES string of the molecule is CN(C(=O)c1cc(Cl)ccc1F)C1CCCNCC1. The predicted molar refractivity (Wildman–Crippen MR) is 74.0 cm³/mol. The van der Waals surface area contributed by atoms with Gasteiger partial charge in [0.2, 0.25) is 0 Å². The van der Waals surface area contributed by atoms with E-state index < -0.39 is 5.82 Å². The van der Waals surface area contributed by atoms with Crippen LogP contribution in [0.4, 0.5) is 4.39 Å². The van der Waals surface area contributed by atoms with Gasteiger partial charge in [0.25, 0.3) is 5.91 Å². The molecule has 0 aliphatic carbocycles. The van der Waals surface area contributed by atoms with Crippen molar-refractivity contribution in [2.75, 3.05) is 20.1 Å². The molecule has 0 bridgehead atoms. The van der Waals surface area contributed by atoms with Gasteiger partial charge in [-0.15, -0.1) is 0 Å². The Hall–Kier alpha value is -1.13. The van der Waals surface area contributed by atoms with Crippen molar-refractivity contribution in [3.8, 4) is 0 Å². The fourth-order valence-electron chi connectivity index (χ4n) is 2.41. The zero-order valence-corrected chi connectivity index (χ0v) is 11.7. The van der Waals surface area contributed by atoms with Crippen molar-refractivity contribution in [3.63, 3.8) is 0 Å². The van der Waals surface area contributed by atoms with Gasteiger partial charge in [-0.2, -0.15) is 0 Å². The highest BCUT2D eigenvalue weighted by Gasteiger charge is 2.24. The van der Waals surface area contributed by atoms with E-state index in [1.54, 1.807) is 11.9 Å². The minimum absolute atomic E-state index is 0.0483. The molecule has 1 atom stereocenters. The van der Waals surface area contributed by atoms with Crippen molar-refractivity contribution < 1.29 is 9.18 Å². The number of hydrogen-bond acceptors (Lipinski definition) is 2. The van der Waals surface area contributed by atoms with Crippen molar-refractivity contribution in [2.45, 2.75) is 25.3 Å². The van der Waals surface area contributed by atoms with E-state index in [1.165, 1.54) is 18.2 Å². The maximum absolute atomic E-state index is 13.7. The van der Waals surface area contributed by atoms with Crippen LogP contribution in [0.3, 0.4) is 0 Å². The second-order valence-corrected chi connectivity index (χ2v) is 5.31. The molecular formula is C14H18ClFN2O. The Morgan fingerprint density at radius 2 is 2.21 bits per heavy atom. The Kier molecular flexibility index (Phi) is 4.77. The number of nitrogens with one attached hydrogen (secondary N) is 1. The van der Waals surface area contributed by atoms with Gasteiger partial charge in [0, 0.05) is 18.1 Å². The molecule has 1 aliphatic rings. The van der Waals surface area contributed by atoms with Crippen LogP contribution in [-0.2, 0) is 0 Å². The summed E-state index contributed by atoms with van der Waals surface area (Å²) in [6, 6.07) is 4.23. The third-order valence-corrected chi connectivity index (χ3v) is 3.81. The summed E-state index contributed by atoms with van der Waals surface area (Å²) in [6.45, 7) is 1.87. The summed E-state index contributed by atoms with van der Waals surface area (Å²) in [5.41, 5.74) is 0.0483. The highest BCUT2D eigenvalue weighted by atomic mass is 35.5. The summed E-state index contributed by atoms with van der Waals surface area (Å²) in [6.07, 6.45) is 2.86. The topological polar surface area (TPSA) is 32.3 Å². The summed E-state index contributed by atoms with van der Waals surface area (Å²) in [7, 11) is 1.73. The lowest BCUT2D eigenvalue weighted by Gasteiger charge is -2.27. The largest absolute Gasteiger partial charge is 0.339 e. The molecule has 0 aromatic heterocycles. The van der Waals surface area contributed by atoms with Crippen LogP contribution < -0.4 is 5.32 Å². The van der Waals surface area contributed by atoms with Gasteiger partial charge >= 0.3 is 0 Å². The van der Waals surface area contributed by atoms with Gasteiger partial charge in [0.1, 0.15) is 5.82 Å². The zero-order chi connectivity index (χ0) is 13.8. The molecule has 1 amide bonds. The van der Waals surface area contributed by atoms with Crippen LogP contribution >= 0.6 is 11.6 Å². The van der Waals surface area contributed by atoms with Crippen molar-refractivity contribution in [2.24, 2.45) is 0 Å². The van der Waals surface area contributed by atoms with Crippen molar-refractivity contribution >= 4 is 17.5 Å². The lowest BCUT2D eigenvalue weighted by atomic mass is 10.1. The molecule has 3 nitrogen and oxygen atoms in total. The number of halogens is 2. The molecule has 1 N–H and O–H groups in total. The van der Waals surface area contributed by atoms with Gasteiger partial charge in [-0.25, -0.2) is 4.39 Å². The number of amides is 1. The maximum Gasteiger partial charge on any atom is 0.256 e. The number of benzene rings is 1. The molecule has 1 heterocycles. The molecule has 1 unspecified atom stereocenters. The molecule has 0 radical (unpaired) electrons. The van der Waals surface area contributed by atoms with Crippen LogP contribution in [0.1, 0.15) is 29.6 Å². The molecule has 1 fully saturated rings. The molecule has 1 aromatic carbocycles. The van der Waals surface area contributed by atoms with Crippen LogP contribution in [-0.4, -0.2) is 37.0 Å². The third kappa shape index (κ3) is 3.45. The van der Waals surface area contributed by atoms with E-state index in [9.17, 15) is 9.18 Å². The Morgan fingerprint density at radius 3 is 3.00 bits per heavy atom. The normalized spacial score (nSPS) is 19.8. The molecule has 19 heavy (non-hydrogen) atoms. The molecule has 1 aliphatic heterocycles. The van der Waals surface area contributed by atoms with Crippen LogP contribution in [0, 0.1) is 5.82 Å². The fraction of sp³-hybridized carbons (Fsp3) is 0.500. The molecule has 1 aromatic rings. The van der Waals surface area contributed by atoms with Crippen molar-refractivity contribution in [1.29, 1.82) is 0 Å². The lowest BCUT2D eigenvalue weighted by Crippen LogP contribution is -2.38. The van der Waals surface area contributed by atoms with E-state index in [0.717, 1.165) is 32.4 Å². The van der Waals surface area contributed by atoms with Crippen LogP contribution in [0.15, 0.2) is 18.2 Å². The standard InChI is InChI=1S/C14H18ClFN2O/c1-18(11-3-2-7-17-8-6-11)14(19)12-9-10(15)4-5-13(12)16/h4-5,9,11,17H,2-3,6-8H2,1H3. The first-order chi connectivity index (χ1) is 9.09. The summed E-state index contributed by atoms with van der Waals surface area (Å²) in [5.74, 6) is -0.820. The quantitative estimate of drug-likeness (QED) is 0.906. The molecular weight excluding hydrogens is 267 g/mol. The van der Waals surface area contributed by atoms with E-state index in [-0.39, 0.29) is 17.5 Å². The van der Waals surface area contributed by atoms with Crippen LogP contribution in [0.25, 0.3) is 0 Å². The molecule has 2 rings (SSSR count). The minimum Gasteiger partial charge on any atom is -0.339 e. The number of hydrogen-bond donors (Lipinski definition) is 1. The first kappa shape index (κ1) is 14.3. The number of nitrogens with zero attached hydrogens (tertiary/aromatic N) is 1. The maximum atomic E-state index is 13.7. The average Bonchev–Trinajstić information content (AvgIpc) is 2.69. The first-order valence-corrected chi connectivity index (χ1v) is 6.90. The van der Waals surface area contributed by atoms with Gasteiger partial charge in [-0.05, 0) is 50.6 Å². The van der Waals surface area contributed by atoms with Gasteiger partial charge in [0.15, 0.2) is 0 Å². The van der Waals surface area contributed by atoms with Gasteiger partial charge in [-0.3, -0.25) is 4.79 Å². The van der Waals surface area contributed by atoms with E-state index in [2.05, 4.69) is 5.32 Å². The van der Waals surface area contributed by atoms with Crippen LogP contribution in [0.2, 0.25) is 5.02 Å². The number of carbonyl (C=O) groups excluding carboxylic acids is 1. The monoisotopic (exact) mass is 284 g/mol. The van der Waals surface area contributed by atoms with E-state index in [1.807, 2.05) is 0 Å². The predicted octanol–water partition coefficient (Wildman–Crippen LogP) is 2.69.